The molecular formula is C14H6Cl3F6N5. The SMILES string of the molecule is CCn1c(-c2nc(Cl)nc(Cl)c2Cl)cc2c(C(F)(F)F)nc(C(F)(F)F)nc21. The smallest absolute Gasteiger partial charge is 0.324 e. The van der Waals surface area contributed by atoms with Gasteiger partial charge in [-0.15, -0.1) is 0 Å². The lowest BCUT2D eigenvalue weighted by atomic mass is 10.2. The predicted octanol–water partition coefficient (Wildman–Crippen LogP) is 5.91. The second-order valence-electron chi connectivity index (χ2n) is 5.35. The summed E-state index contributed by atoms with van der Waals surface area (Å²) in [4.78, 5) is 13.4. The molecule has 0 bridgehead atoms. The Morgan fingerprint density at radius 2 is 1.57 bits per heavy atom. The van der Waals surface area contributed by atoms with E-state index in [0.29, 0.717) is 0 Å². The molecule has 0 aliphatic heterocycles. The van der Waals surface area contributed by atoms with Crippen molar-refractivity contribution in [2.45, 2.75) is 25.8 Å². The van der Waals surface area contributed by atoms with E-state index >= 15 is 0 Å². The van der Waals surface area contributed by atoms with E-state index in [1.807, 2.05) is 0 Å². The van der Waals surface area contributed by atoms with Gasteiger partial charge in [-0.05, 0) is 24.6 Å². The number of alkyl halides is 6. The van der Waals surface area contributed by atoms with Crippen molar-refractivity contribution < 1.29 is 26.3 Å². The van der Waals surface area contributed by atoms with Gasteiger partial charge in [0.1, 0.15) is 16.4 Å². The van der Waals surface area contributed by atoms with Crippen LogP contribution in [0.1, 0.15) is 18.4 Å². The Labute approximate surface area is 167 Å². The van der Waals surface area contributed by atoms with Crippen molar-refractivity contribution in [3.63, 3.8) is 0 Å². The van der Waals surface area contributed by atoms with Crippen LogP contribution in [0.2, 0.25) is 15.5 Å². The van der Waals surface area contributed by atoms with E-state index in [0.717, 1.165) is 10.6 Å². The maximum atomic E-state index is 13.4. The Morgan fingerprint density at radius 1 is 0.929 bits per heavy atom. The highest BCUT2D eigenvalue weighted by molar-refractivity contribution is 6.43. The molecule has 0 aliphatic carbocycles. The third-order valence-electron chi connectivity index (χ3n) is 3.62. The number of nitrogens with zero attached hydrogens (tertiary/aromatic N) is 5. The van der Waals surface area contributed by atoms with Gasteiger partial charge < -0.3 is 4.57 Å². The summed E-state index contributed by atoms with van der Waals surface area (Å²) in [5.41, 5.74) is -2.56. The maximum Gasteiger partial charge on any atom is 0.451 e. The van der Waals surface area contributed by atoms with Crippen LogP contribution in [-0.4, -0.2) is 24.5 Å². The predicted molar refractivity (Wildman–Crippen MR) is 89.3 cm³/mol. The van der Waals surface area contributed by atoms with Crippen molar-refractivity contribution in [2.75, 3.05) is 0 Å². The van der Waals surface area contributed by atoms with Gasteiger partial charge in [0.15, 0.2) is 10.8 Å². The molecule has 14 heteroatoms. The molecule has 0 saturated heterocycles. The van der Waals surface area contributed by atoms with Crippen LogP contribution in [0.15, 0.2) is 6.07 Å². The lowest BCUT2D eigenvalue weighted by molar-refractivity contribution is -0.151. The number of hydrogen-bond acceptors (Lipinski definition) is 4. The number of fused-ring (bicyclic) bond motifs is 1. The second kappa shape index (κ2) is 6.89. The summed E-state index contributed by atoms with van der Waals surface area (Å²) in [5, 5.41) is -1.52. The number of aryl methyl sites for hydroxylation is 1. The molecular weight excluding hydrogens is 459 g/mol. The van der Waals surface area contributed by atoms with Gasteiger partial charge in [-0.25, -0.2) is 19.9 Å². The zero-order chi connectivity index (χ0) is 21.0. The van der Waals surface area contributed by atoms with Crippen molar-refractivity contribution in [1.82, 2.24) is 24.5 Å². The van der Waals surface area contributed by atoms with Gasteiger partial charge in [-0.2, -0.15) is 26.3 Å². The fraction of sp³-hybridized carbons (Fsp3) is 0.286. The Morgan fingerprint density at radius 3 is 2.11 bits per heavy atom. The molecule has 3 heterocycles. The summed E-state index contributed by atoms with van der Waals surface area (Å²) in [6.07, 6.45) is -10.3. The van der Waals surface area contributed by atoms with Crippen LogP contribution in [0, 0.1) is 0 Å². The van der Waals surface area contributed by atoms with E-state index in [1.165, 1.54) is 6.92 Å². The maximum absolute atomic E-state index is 13.4. The van der Waals surface area contributed by atoms with E-state index in [2.05, 4.69) is 19.9 Å². The molecule has 0 unspecified atom stereocenters. The average Bonchev–Trinajstić information content (AvgIpc) is 2.93. The van der Waals surface area contributed by atoms with Crippen LogP contribution in [0.25, 0.3) is 22.4 Å². The Balaban J connectivity index is 2.46. The highest BCUT2D eigenvalue weighted by Gasteiger charge is 2.42. The van der Waals surface area contributed by atoms with E-state index in [4.69, 9.17) is 34.8 Å². The van der Waals surface area contributed by atoms with Crippen molar-refractivity contribution in [1.29, 1.82) is 0 Å². The highest BCUT2D eigenvalue weighted by Crippen LogP contribution is 2.40. The van der Waals surface area contributed by atoms with Crippen molar-refractivity contribution in [3.05, 3.63) is 33.0 Å². The minimum atomic E-state index is -5.18. The van der Waals surface area contributed by atoms with Crippen LogP contribution < -0.4 is 0 Å². The normalized spacial score (nSPS) is 12.8. The minimum absolute atomic E-state index is 0.0555. The lowest BCUT2D eigenvalue weighted by Gasteiger charge is -2.12. The van der Waals surface area contributed by atoms with Crippen LogP contribution >= 0.6 is 34.8 Å². The summed E-state index contributed by atoms with van der Waals surface area (Å²) in [7, 11) is 0. The third kappa shape index (κ3) is 3.58. The van der Waals surface area contributed by atoms with Gasteiger partial charge in [-0.1, -0.05) is 23.2 Å². The molecule has 3 aromatic rings. The molecule has 0 N–H and O–H groups in total. The quantitative estimate of drug-likeness (QED) is 0.269. The zero-order valence-electron chi connectivity index (χ0n) is 13.4. The molecule has 3 aromatic heterocycles. The van der Waals surface area contributed by atoms with Gasteiger partial charge in [0.2, 0.25) is 11.1 Å². The molecule has 0 amide bonds. The first kappa shape index (κ1) is 20.9. The molecule has 0 aliphatic rings. The molecule has 0 aromatic carbocycles. The summed E-state index contributed by atoms with van der Waals surface area (Å²) < 4.78 is 80.3. The molecule has 0 fully saturated rings. The molecule has 28 heavy (non-hydrogen) atoms. The van der Waals surface area contributed by atoms with E-state index in [-0.39, 0.29) is 33.4 Å². The van der Waals surface area contributed by atoms with Gasteiger partial charge in [0.25, 0.3) is 0 Å². The van der Waals surface area contributed by atoms with Crippen molar-refractivity contribution >= 4 is 45.8 Å². The zero-order valence-corrected chi connectivity index (χ0v) is 15.7. The van der Waals surface area contributed by atoms with Crippen LogP contribution in [0.3, 0.4) is 0 Å². The van der Waals surface area contributed by atoms with E-state index in [1.54, 1.807) is 0 Å². The van der Waals surface area contributed by atoms with Crippen LogP contribution in [-0.2, 0) is 18.9 Å². The average molecular weight is 465 g/mol. The van der Waals surface area contributed by atoms with Crippen LogP contribution in [0.5, 0.6) is 0 Å². The number of rotatable bonds is 2. The van der Waals surface area contributed by atoms with Gasteiger partial charge >= 0.3 is 12.4 Å². The van der Waals surface area contributed by atoms with E-state index in [9.17, 15) is 26.3 Å². The Hall–Kier alpha value is -1.85. The van der Waals surface area contributed by atoms with Gasteiger partial charge in [-0.3, -0.25) is 0 Å². The highest BCUT2D eigenvalue weighted by atomic mass is 35.5. The fourth-order valence-corrected chi connectivity index (χ4v) is 3.11. The van der Waals surface area contributed by atoms with Crippen LogP contribution in [0.4, 0.5) is 26.3 Å². The molecule has 0 atom stereocenters. The molecule has 3 rings (SSSR count). The standard InChI is InChI=1S/C14H6Cl3F6N5/c1-2-28-5(7-6(15)9(16)26-12(17)24-7)3-4-8(13(18,19)20)25-11(14(21,22)23)27-10(4)28/h3H,2H2,1H3. The number of aromatic nitrogens is 5. The Bertz CT molecular complexity index is 1080. The topological polar surface area (TPSA) is 56.5 Å². The monoisotopic (exact) mass is 463 g/mol. The number of halogens is 9. The largest absolute Gasteiger partial charge is 0.451 e. The van der Waals surface area contributed by atoms with Gasteiger partial charge in [0.05, 0.1) is 11.1 Å². The Kier molecular flexibility index (Phi) is 5.13. The summed E-state index contributed by atoms with van der Waals surface area (Å²) in [6, 6.07) is 0.933. The molecule has 0 spiro atoms. The molecule has 5 nitrogen and oxygen atoms in total. The van der Waals surface area contributed by atoms with E-state index < -0.39 is 34.9 Å². The van der Waals surface area contributed by atoms with Crippen molar-refractivity contribution in [2.24, 2.45) is 0 Å². The number of hydrogen-bond donors (Lipinski definition) is 0. The summed E-state index contributed by atoms with van der Waals surface area (Å²) in [6.45, 7) is 1.43. The van der Waals surface area contributed by atoms with Gasteiger partial charge in [0, 0.05) is 6.54 Å². The molecule has 0 saturated carbocycles. The first-order chi connectivity index (χ1) is 12.8. The fourth-order valence-electron chi connectivity index (χ4n) is 2.55. The lowest BCUT2D eigenvalue weighted by Crippen LogP contribution is -2.18. The third-order valence-corrected chi connectivity index (χ3v) is 4.51. The minimum Gasteiger partial charge on any atom is -0.324 e. The molecule has 0 radical (unpaired) electrons. The van der Waals surface area contributed by atoms with Crippen molar-refractivity contribution in [3.8, 4) is 11.4 Å². The first-order valence-electron chi connectivity index (χ1n) is 7.29. The first-order valence-corrected chi connectivity index (χ1v) is 8.42. The summed E-state index contributed by atoms with van der Waals surface area (Å²) in [5.74, 6) is -1.92. The summed E-state index contributed by atoms with van der Waals surface area (Å²) >= 11 is 17.6. The second-order valence-corrected chi connectivity index (χ2v) is 6.42. The molecule has 150 valence electrons.